The summed E-state index contributed by atoms with van der Waals surface area (Å²) in [6, 6.07) is 14.0. The molecular formula is C19H18N2O3. The van der Waals surface area contributed by atoms with Crippen LogP contribution in [-0.4, -0.2) is 23.6 Å². The van der Waals surface area contributed by atoms with E-state index in [2.05, 4.69) is 5.32 Å². The van der Waals surface area contributed by atoms with Gasteiger partial charge in [0.15, 0.2) is 5.78 Å². The number of benzene rings is 2. The number of amides is 2. The molecule has 2 aromatic rings. The van der Waals surface area contributed by atoms with Crippen LogP contribution in [0.3, 0.4) is 0 Å². The minimum absolute atomic E-state index is 0.0496. The summed E-state index contributed by atoms with van der Waals surface area (Å²) in [5.74, 6) is -1.32. The van der Waals surface area contributed by atoms with Crippen molar-refractivity contribution in [1.29, 1.82) is 0 Å². The average Bonchev–Trinajstić information content (AvgIpc) is 2.90. The van der Waals surface area contributed by atoms with Crippen LogP contribution in [0.2, 0.25) is 0 Å². The zero-order valence-electron chi connectivity index (χ0n) is 13.6. The average molecular weight is 322 g/mol. The molecule has 0 radical (unpaired) electrons. The normalized spacial score (nSPS) is 15.8. The number of nitrogens with one attached hydrogen (secondary N) is 1. The van der Waals surface area contributed by atoms with E-state index in [1.807, 2.05) is 31.2 Å². The van der Waals surface area contributed by atoms with Gasteiger partial charge in [0.05, 0.1) is 0 Å². The van der Waals surface area contributed by atoms with Crippen molar-refractivity contribution in [1.82, 2.24) is 0 Å². The molecule has 5 heteroatoms. The Bertz CT molecular complexity index is 812. The summed E-state index contributed by atoms with van der Waals surface area (Å²) >= 11 is 0. The minimum Gasteiger partial charge on any atom is -0.318 e. The van der Waals surface area contributed by atoms with Gasteiger partial charge >= 0.3 is 11.8 Å². The molecule has 1 unspecified atom stereocenters. The number of fused-ring (bicyclic) bond motifs is 1. The molecule has 2 aromatic carbocycles. The van der Waals surface area contributed by atoms with Crippen molar-refractivity contribution < 1.29 is 14.4 Å². The summed E-state index contributed by atoms with van der Waals surface area (Å²) < 4.78 is 0. The molecule has 5 nitrogen and oxygen atoms in total. The standard InChI is InChI=1S/C19H18N2O3/c1-12-11-15-5-3-4-6-17(15)21(12)19(24)18(23)20-16-9-7-14(8-10-16)13(2)22/h3-10,12H,11H2,1-2H3,(H,20,23). The maximum atomic E-state index is 12.6. The van der Waals surface area contributed by atoms with Crippen LogP contribution in [0.5, 0.6) is 0 Å². The molecule has 1 aliphatic heterocycles. The number of rotatable bonds is 2. The summed E-state index contributed by atoms with van der Waals surface area (Å²) in [7, 11) is 0. The van der Waals surface area contributed by atoms with Crippen LogP contribution >= 0.6 is 0 Å². The molecule has 1 heterocycles. The van der Waals surface area contributed by atoms with Gasteiger partial charge in [-0.25, -0.2) is 0 Å². The van der Waals surface area contributed by atoms with Gasteiger partial charge in [0.25, 0.3) is 0 Å². The number of Topliss-reactive ketones (excluding diaryl/α,β-unsaturated/α-hetero) is 1. The molecule has 0 fully saturated rings. The fraction of sp³-hybridized carbons (Fsp3) is 0.211. The maximum absolute atomic E-state index is 12.6. The van der Waals surface area contributed by atoms with Crippen LogP contribution in [0.25, 0.3) is 0 Å². The first kappa shape index (κ1) is 15.9. The molecule has 2 amide bonds. The quantitative estimate of drug-likeness (QED) is 0.683. The topological polar surface area (TPSA) is 66.5 Å². The van der Waals surface area contributed by atoms with Crippen molar-refractivity contribution in [2.45, 2.75) is 26.3 Å². The van der Waals surface area contributed by atoms with Crippen molar-refractivity contribution in [2.75, 3.05) is 10.2 Å². The third-order valence-corrected chi connectivity index (χ3v) is 4.17. The van der Waals surface area contributed by atoms with Crippen LogP contribution in [0.4, 0.5) is 11.4 Å². The van der Waals surface area contributed by atoms with Gasteiger partial charge in [-0.05, 0) is 56.2 Å². The van der Waals surface area contributed by atoms with Crippen LogP contribution in [0.1, 0.15) is 29.8 Å². The Kier molecular flexibility index (Phi) is 4.16. The zero-order chi connectivity index (χ0) is 17.3. The van der Waals surface area contributed by atoms with Crippen molar-refractivity contribution in [2.24, 2.45) is 0 Å². The molecule has 0 spiro atoms. The van der Waals surface area contributed by atoms with E-state index in [1.165, 1.54) is 11.8 Å². The molecule has 1 aliphatic rings. The third-order valence-electron chi connectivity index (χ3n) is 4.17. The SMILES string of the molecule is CC(=O)c1ccc(NC(=O)C(=O)N2c3ccccc3CC2C)cc1. The highest BCUT2D eigenvalue weighted by molar-refractivity contribution is 6.44. The molecule has 0 aliphatic carbocycles. The summed E-state index contributed by atoms with van der Waals surface area (Å²) in [6.45, 7) is 3.40. The van der Waals surface area contributed by atoms with E-state index in [0.29, 0.717) is 11.3 Å². The first-order valence-electron chi connectivity index (χ1n) is 7.81. The van der Waals surface area contributed by atoms with Crippen LogP contribution < -0.4 is 10.2 Å². The van der Waals surface area contributed by atoms with Crippen LogP contribution in [0.15, 0.2) is 48.5 Å². The maximum Gasteiger partial charge on any atom is 0.316 e. The molecule has 0 bridgehead atoms. The lowest BCUT2D eigenvalue weighted by Crippen LogP contribution is -2.43. The van der Waals surface area contributed by atoms with Gasteiger partial charge in [0, 0.05) is 23.0 Å². The van der Waals surface area contributed by atoms with E-state index in [1.54, 1.807) is 24.3 Å². The first-order chi connectivity index (χ1) is 11.5. The highest BCUT2D eigenvalue weighted by Crippen LogP contribution is 2.31. The predicted octanol–water partition coefficient (Wildman–Crippen LogP) is 2.81. The molecular weight excluding hydrogens is 304 g/mol. The van der Waals surface area contributed by atoms with Gasteiger partial charge in [0.1, 0.15) is 0 Å². The third kappa shape index (κ3) is 2.93. The van der Waals surface area contributed by atoms with Gasteiger partial charge in [-0.1, -0.05) is 18.2 Å². The van der Waals surface area contributed by atoms with Gasteiger partial charge in [-0.2, -0.15) is 0 Å². The fourth-order valence-corrected chi connectivity index (χ4v) is 2.96. The fourth-order valence-electron chi connectivity index (χ4n) is 2.96. The monoisotopic (exact) mass is 322 g/mol. The van der Waals surface area contributed by atoms with E-state index in [4.69, 9.17) is 0 Å². The number of carbonyl (C=O) groups is 3. The molecule has 1 atom stereocenters. The molecule has 3 rings (SSSR count). The second-order valence-corrected chi connectivity index (χ2v) is 5.94. The van der Waals surface area contributed by atoms with Crippen LogP contribution in [-0.2, 0) is 16.0 Å². The lowest BCUT2D eigenvalue weighted by atomic mass is 10.1. The Morgan fingerprint density at radius 2 is 1.71 bits per heavy atom. The number of anilines is 2. The van der Waals surface area contributed by atoms with Crippen molar-refractivity contribution >= 4 is 29.0 Å². The number of carbonyl (C=O) groups excluding carboxylic acids is 3. The summed E-state index contributed by atoms with van der Waals surface area (Å²) in [5, 5.41) is 2.59. The van der Waals surface area contributed by atoms with E-state index < -0.39 is 11.8 Å². The Hall–Kier alpha value is -2.95. The zero-order valence-corrected chi connectivity index (χ0v) is 13.6. The van der Waals surface area contributed by atoms with Crippen molar-refractivity contribution in [3.63, 3.8) is 0 Å². The number of hydrogen-bond acceptors (Lipinski definition) is 3. The lowest BCUT2D eigenvalue weighted by molar-refractivity contribution is -0.134. The Labute approximate surface area is 140 Å². The number of ketones is 1. The van der Waals surface area contributed by atoms with Crippen molar-refractivity contribution in [3.05, 3.63) is 59.7 Å². The molecule has 0 saturated carbocycles. The van der Waals surface area contributed by atoms with E-state index >= 15 is 0 Å². The Balaban J connectivity index is 1.75. The van der Waals surface area contributed by atoms with E-state index in [0.717, 1.165) is 17.7 Å². The predicted molar refractivity (Wildman–Crippen MR) is 92.2 cm³/mol. The highest BCUT2D eigenvalue weighted by atomic mass is 16.2. The highest BCUT2D eigenvalue weighted by Gasteiger charge is 2.34. The number of hydrogen-bond donors (Lipinski definition) is 1. The van der Waals surface area contributed by atoms with Crippen molar-refractivity contribution in [3.8, 4) is 0 Å². The molecule has 0 aromatic heterocycles. The van der Waals surface area contributed by atoms with Gasteiger partial charge in [0.2, 0.25) is 0 Å². The lowest BCUT2D eigenvalue weighted by Gasteiger charge is -2.22. The summed E-state index contributed by atoms with van der Waals surface area (Å²) in [6.07, 6.45) is 0.739. The van der Waals surface area contributed by atoms with Gasteiger partial charge in [-0.3, -0.25) is 14.4 Å². The smallest absolute Gasteiger partial charge is 0.316 e. The Morgan fingerprint density at radius 1 is 1.04 bits per heavy atom. The van der Waals surface area contributed by atoms with Crippen LogP contribution in [0, 0.1) is 0 Å². The number of nitrogens with zero attached hydrogens (tertiary/aromatic N) is 1. The molecule has 1 N–H and O–H groups in total. The van der Waals surface area contributed by atoms with E-state index in [-0.39, 0.29) is 11.8 Å². The summed E-state index contributed by atoms with van der Waals surface area (Å²) in [5.41, 5.74) is 2.90. The van der Waals surface area contributed by atoms with E-state index in [9.17, 15) is 14.4 Å². The molecule has 24 heavy (non-hydrogen) atoms. The first-order valence-corrected chi connectivity index (χ1v) is 7.81. The molecule has 0 saturated heterocycles. The largest absolute Gasteiger partial charge is 0.318 e. The van der Waals surface area contributed by atoms with Gasteiger partial charge in [-0.15, -0.1) is 0 Å². The second-order valence-electron chi connectivity index (χ2n) is 5.94. The Morgan fingerprint density at radius 3 is 2.38 bits per heavy atom. The second kappa shape index (κ2) is 6.28. The number of para-hydroxylation sites is 1. The minimum atomic E-state index is -0.686. The van der Waals surface area contributed by atoms with Gasteiger partial charge < -0.3 is 10.2 Å². The summed E-state index contributed by atoms with van der Waals surface area (Å²) in [4.78, 5) is 37.7. The molecule has 122 valence electrons.